The lowest BCUT2D eigenvalue weighted by Gasteiger charge is -2.08. The van der Waals surface area contributed by atoms with Crippen LogP contribution in [-0.4, -0.2) is 15.0 Å². The van der Waals surface area contributed by atoms with E-state index in [0.717, 1.165) is 6.42 Å². The largest absolute Gasteiger partial charge is 0.215 e. The Morgan fingerprint density at radius 3 is 2.59 bits per heavy atom. The molecule has 0 atom stereocenters. The molecular formula is C17H20FNO2S. The molecule has 0 bridgehead atoms. The Balaban J connectivity index is 1.82. The van der Waals surface area contributed by atoms with E-state index < -0.39 is 15.8 Å². The van der Waals surface area contributed by atoms with E-state index in [-0.39, 0.29) is 11.3 Å². The number of benzene rings is 2. The van der Waals surface area contributed by atoms with Gasteiger partial charge in [0.1, 0.15) is 5.82 Å². The van der Waals surface area contributed by atoms with Gasteiger partial charge in [-0.2, -0.15) is 0 Å². The fraction of sp³-hybridized carbons (Fsp3) is 0.294. The van der Waals surface area contributed by atoms with Crippen molar-refractivity contribution in [2.45, 2.75) is 25.5 Å². The number of halogens is 1. The third-order valence-electron chi connectivity index (χ3n) is 3.35. The summed E-state index contributed by atoms with van der Waals surface area (Å²) < 4.78 is 39.9. The van der Waals surface area contributed by atoms with Gasteiger partial charge in [-0.3, -0.25) is 0 Å². The molecule has 0 heterocycles. The molecule has 1 N–H and O–H groups in total. The second kappa shape index (κ2) is 7.51. The summed E-state index contributed by atoms with van der Waals surface area (Å²) in [6.07, 6.45) is 1.52. The van der Waals surface area contributed by atoms with Crippen molar-refractivity contribution in [1.82, 2.24) is 4.72 Å². The summed E-state index contributed by atoms with van der Waals surface area (Å²) >= 11 is 0. The van der Waals surface area contributed by atoms with Gasteiger partial charge >= 0.3 is 0 Å². The SMILES string of the molecule is Cc1cccc(CCCNS(=O)(=O)Cc2ccccc2F)c1. The maximum absolute atomic E-state index is 13.5. The van der Waals surface area contributed by atoms with Gasteiger partial charge in [0.15, 0.2) is 0 Å². The molecule has 2 aromatic rings. The Hall–Kier alpha value is -1.72. The van der Waals surface area contributed by atoms with Crippen molar-refractivity contribution in [2.24, 2.45) is 0 Å². The standard InChI is InChI=1S/C17H20FNO2S/c1-14-6-4-7-15(12-14)8-5-11-19-22(20,21)13-16-9-2-3-10-17(16)18/h2-4,6-7,9-10,12,19H,5,8,11,13H2,1H3. The van der Waals surface area contributed by atoms with E-state index in [9.17, 15) is 12.8 Å². The first kappa shape index (κ1) is 16.6. The van der Waals surface area contributed by atoms with Crippen molar-refractivity contribution in [3.63, 3.8) is 0 Å². The lowest BCUT2D eigenvalue weighted by atomic mass is 10.1. The van der Waals surface area contributed by atoms with Gasteiger partial charge in [-0.25, -0.2) is 17.5 Å². The van der Waals surface area contributed by atoms with E-state index in [4.69, 9.17) is 0 Å². The molecule has 0 radical (unpaired) electrons. The summed E-state index contributed by atoms with van der Waals surface area (Å²) in [5, 5.41) is 0. The van der Waals surface area contributed by atoms with E-state index in [2.05, 4.69) is 10.8 Å². The predicted octanol–water partition coefficient (Wildman–Crippen LogP) is 3.19. The highest BCUT2D eigenvalue weighted by molar-refractivity contribution is 7.88. The number of aryl methyl sites for hydroxylation is 2. The van der Waals surface area contributed by atoms with Crippen LogP contribution in [0.2, 0.25) is 0 Å². The van der Waals surface area contributed by atoms with Crippen molar-refractivity contribution < 1.29 is 12.8 Å². The van der Waals surface area contributed by atoms with Crippen molar-refractivity contribution >= 4 is 10.0 Å². The highest BCUT2D eigenvalue weighted by Gasteiger charge is 2.13. The van der Waals surface area contributed by atoms with Crippen LogP contribution in [-0.2, 0) is 22.2 Å². The van der Waals surface area contributed by atoms with Crippen LogP contribution >= 0.6 is 0 Å². The lowest BCUT2D eigenvalue weighted by molar-refractivity contribution is 0.572. The van der Waals surface area contributed by atoms with Crippen molar-refractivity contribution in [1.29, 1.82) is 0 Å². The number of hydrogen-bond donors (Lipinski definition) is 1. The van der Waals surface area contributed by atoms with Gasteiger partial charge in [-0.1, -0.05) is 48.0 Å². The van der Waals surface area contributed by atoms with Crippen LogP contribution in [0.3, 0.4) is 0 Å². The van der Waals surface area contributed by atoms with E-state index in [0.29, 0.717) is 13.0 Å². The summed E-state index contributed by atoms with van der Waals surface area (Å²) in [5.41, 5.74) is 2.57. The minimum atomic E-state index is -3.51. The summed E-state index contributed by atoms with van der Waals surface area (Å²) in [6, 6.07) is 14.1. The highest BCUT2D eigenvalue weighted by atomic mass is 32.2. The van der Waals surface area contributed by atoms with Gasteiger partial charge in [0.2, 0.25) is 10.0 Å². The molecule has 3 nitrogen and oxygen atoms in total. The Bertz CT molecular complexity index is 729. The molecule has 0 amide bonds. The molecule has 0 fully saturated rings. The van der Waals surface area contributed by atoms with Crippen LogP contribution in [0.4, 0.5) is 4.39 Å². The van der Waals surface area contributed by atoms with Gasteiger partial charge in [-0.05, 0) is 31.4 Å². The first-order valence-electron chi connectivity index (χ1n) is 7.22. The normalized spacial score (nSPS) is 11.5. The maximum Gasteiger partial charge on any atom is 0.215 e. The average molecular weight is 321 g/mol. The van der Waals surface area contributed by atoms with Crippen LogP contribution < -0.4 is 4.72 Å². The van der Waals surface area contributed by atoms with Gasteiger partial charge in [0, 0.05) is 12.1 Å². The molecule has 0 unspecified atom stereocenters. The lowest BCUT2D eigenvalue weighted by Crippen LogP contribution is -2.26. The zero-order chi connectivity index (χ0) is 16.0. The number of rotatable bonds is 7. The number of hydrogen-bond acceptors (Lipinski definition) is 2. The Kier molecular flexibility index (Phi) is 5.69. The van der Waals surface area contributed by atoms with Crippen molar-refractivity contribution in [2.75, 3.05) is 6.54 Å². The molecule has 0 spiro atoms. The van der Waals surface area contributed by atoms with Gasteiger partial charge in [0.25, 0.3) is 0 Å². The first-order chi connectivity index (χ1) is 10.5. The minimum Gasteiger partial charge on any atom is -0.215 e. The number of sulfonamides is 1. The molecule has 0 saturated carbocycles. The third-order valence-corrected chi connectivity index (χ3v) is 4.69. The fourth-order valence-electron chi connectivity index (χ4n) is 2.26. The molecule has 0 aromatic heterocycles. The van der Waals surface area contributed by atoms with Gasteiger partial charge in [0.05, 0.1) is 5.75 Å². The Morgan fingerprint density at radius 2 is 1.86 bits per heavy atom. The summed E-state index contributed by atoms with van der Waals surface area (Å²) in [5.74, 6) is -0.822. The molecule has 0 aliphatic rings. The monoisotopic (exact) mass is 321 g/mol. The molecule has 2 aromatic carbocycles. The molecule has 0 aliphatic carbocycles. The summed E-state index contributed by atoms with van der Waals surface area (Å²) in [6.45, 7) is 2.38. The first-order valence-corrected chi connectivity index (χ1v) is 8.88. The van der Waals surface area contributed by atoms with Crippen LogP contribution in [0.25, 0.3) is 0 Å². The van der Waals surface area contributed by atoms with Gasteiger partial charge in [-0.15, -0.1) is 0 Å². The smallest absolute Gasteiger partial charge is 0.215 e. The van der Waals surface area contributed by atoms with E-state index >= 15 is 0 Å². The Labute approximate surface area is 131 Å². The van der Waals surface area contributed by atoms with Crippen LogP contribution in [0.5, 0.6) is 0 Å². The molecule has 118 valence electrons. The molecular weight excluding hydrogens is 301 g/mol. The molecule has 5 heteroatoms. The second-order valence-electron chi connectivity index (χ2n) is 5.34. The molecule has 22 heavy (non-hydrogen) atoms. The predicted molar refractivity (Wildman–Crippen MR) is 86.5 cm³/mol. The van der Waals surface area contributed by atoms with E-state index in [1.165, 1.54) is 23.3 Å². The highest BCUT2D eigenvalue weighted by Crippen LogP contribution is 2.10. The van der Waals surface area contributed by atoms with Crippen LogP contribution in [0.15, 0.2) is 48.5 Å². The van der Waals surface area contributed by atoms with Crippen molar-refractivity contribution in [3.8, 4) is 0 Å². The molecule has 2 rings (SSSR count). The zero-order valence-electron chi connectivity index (χ0n) is 12.5. The van der Waals surface area contributed by atoms with Crippen LogP contribution in [0.1, 0.15) is 23.1 Å². The van der Waals surface area contributed by atoms with Crippen molar-refractivity contribution in [3.05, 3.63) is 71.0 Å². The Morgan fingerprint density at radius 1 is 1.09 bits per heavy atom. The van der Waals surface area contributed by atoms with Crippen LogP contribution in [0, 0.1) is 12.7 Å². The third kappa shape index (κ3) is 5.24. The topological polar surface area (TPSA) is 46.2 Å². The van der Waals surface area contributed by atoms with E-state index in [1.807, 2.05) is 25.1 Å². The summed E-state index contributed by atoms with van der Waals surface area (Å²) in [4.78, 5) is 0. The maximum atomic E-state index is 13.5. The molecule has 0 aliphatic heterocycles. The fourth-order valence-corrected chi connectivity index (χ4v) is 3.46. The molecule has 0 saturated heterocycles. The van der Waals surface area contributed by atoms with Gasteiger partial charge < -0.3 is 0 Å². The van der Waals surface area contributed by atoms with E-state index in [1.54, 1.807) is 12.1 Å². The second-order valence-corrected chi connectivity index (χ2v) is 7.14. The zero-order valence-corrected chi connectivity index (χ0v) is 13.4. The summed E-state index contributed by atoms with van der Waals surface area (Å²) in [7, 11) is -3.51. The number of nitrogens with one attached hydrogen (secondary N) is 1. The quantitative estimate of drug-likeness (QED) is 0.796. The minimum absolute atomic E-state index is 0.189. The average Bonchev–Trinajstić information content (AvgIpc) is 2.46.